The van der Waals surface area contributed by atoms with Crippen molar-refractivity contribution in [2.45, 2.75) is 20.5 Å². The van der Waals surface area contributed by atoms with Gasteiger partial charge in [0.25, 0.3) is 5.91 Å². The predicted molar refractivity (Wildman–Crippen MR) is 101 cm³/mol. The van der Waals surface area contributed by atoms with Crippen LogP contribution in [0.2, 0.25) is 0 Å². The average molecular weight is 390 g/mol. The molecular weight excluding hydrogens is 372 g/mol. The van der Waals surface area contributed by atoms with Crippen LogP contribution >= 0.6 is 0 Å². The Bertz CT molecular complexity index is 1060. The van der Waals surface area contributed by atoms with Crippen LogP contribution in [0, 0.1) is 31.1 Å². The summed E-state index contributed by atoms with van der Waals surface area (Å²) in [6.07, 6.45) is 1.74. The Balaban J connectivity index is 1.42. The van der Waals surface area contributed by atoms with Crippen molar-refractivity contribution in [1.82, 2.24) is 25.2 Å². The number of pyridine rings is 1. The van der Waals surface area contributed by atoms with Gasteiger partial charge in [-0.05, 0) is 32.0 Å². The lowest BCUT2D eigenvalue weighted by molar-refractivity contribution is 0.0569. The molecule has 1 saturated heterocycles. The third-order valence-electron chi connectivity index (χ3n) is 4.74. The second-order valence-corrected chi connectivity index (χ2v) is 6.84. The number of nitriles is 1. The number of rotatable bonds is 5. The minimum absolute atomic E-state index is 0.0979. The van der Waals surface area contributed by atoms with Crippen LogP contribution in [0.25, 0.3) is 11.3 Å². The van der Waals surface area contributed by atoms with Gasteiger partial charge < -0.3 is 14.2 Å². The van der Waals surface area contributed by atoms with Crippen LogP contribution in [-0.2, 0) is 6.61 Å². The molecule has 3 aromatic rings. The molecule has 29 heavy (non-hydrogen) atoms. The SMILES string of the molecule is Cc1ccc(-c2noc(C)c2COc2ccc(C(=O)N3CC(C#N)C3)nn2)cn1. The van der Waals surface area contributed by atoms with Crippen LogP contribution in [0.15, 0.2) is 35.0 Å². The van der Waals surface area contributed by atoms with E-state index in [2.05, 4.69) is 26.4 Å². The van der Waals surface area contributed by atoms with E-state index in [1.54, 1.807) is 23.2 Å². The molecule has 0 atom stereocenters. The highest BCUT2D eigenvalue weighted by atomic mass is 16.5. The van der Waals surface area contributed by atoms with Crippen molar-refractivity contribution in [3.8, 4) is 23.2 Å². The maximum Gasteiger partial charge on any atom is 0.274 e. The molecule has 146 valence electrons. The van der Waals surface area contributed by atoms with Crippen LogP contribution in [0.5, 0.6) is 5.88 Å². The highest BCUT2D eigenvalue weighted by Gasteiger charge is 2.31. The first kappa shape index (κ1) is 18.6. The summed E-state index contributed by atoms with van der Waals surface area (Å²) < 4.78 is 11.0. The standard InChI is InChI=1S/C20H18N6O3/c1-12-3-4-15(8-22-12)19-16(13(2)29-25-19)11-28-18-6-5-17(23-24-18)20(27)26-9-14(7-21)10-26/h3-6,8,14H,9-11H2,1-2H3. The van der Waals surface area contributed by atoms with Crippen molar-refractivity contribution in [3.63, 3.8) is 0 Å². The Morgan fingerprint density at radius 2 is 2.10 bits per heavy atom. The van der Waals surface area contributed by atoms with Gasteiger partial charge in [0, 0.05) is 36.6 Å². The summed E-state index contributed by atoms with van der Waals surface area (Å²) in [5.74, 6) is 0.595. The van der Waals surface area contributed by atoms with E-state index in [4.69, 9.17) is 14.5 Å². The third-order valence-corrected chi connectivity index (χ3v) is 4.74. The molecule has 1 amide bonds. The zero-order valence-corrected chi connectivity index (χ0v) is 16.0. The summed E-state index contributed by atoms with van der Waals surface area (Å²) >= 11 is 0. The summed E-state index contributed by atoms with van der Waals surface area (Å²) in [6, 6.07) is 9.13. The lowest BCUT2D eigenvalue weighted by Crippen LogP contribution is -2.49. The van der Waals surface area contributed by atoms with Crippen LogP contribution in [0.1, 0.15) is 27.5 Å². The molecule has 0 radical (unpaired) electrons. The van der Waals surface area contributed by atoms with E-state index in [1.165, 1.54) is 0 Å². The molecule has 3 aromatic heterocycles. The van der Waals surface area contributed by atoms with Gasteiger partial charge in [0.15, 0.2) is 5.69 Å². The van der Waals surface area contributed by atoms with E-state index in [9.17, 15) is 4.79 Å². The molecule has 1 aliphatic rings. The topological polar surface area (TPSA) is 118 Å². The molecular formula is C20H18N6O3. The van der Waals surface area contributed by atoms with E-state index in [0.717, 1.165) is 16.8 Å². The van der Waals surface area contributed by atoms with Crippen molar-refractivity contribution in [2.75, 3.05) is 13.1 Å². The van der Waals surface area contributed by atoms with Crippen LogP contribution in [0.3, 0.4) is 0 Å². The van der Waals surface area contributed by atoms with Crippen molar-refractivity contribution >= 4 is 5.91 Å². The van der Waals surface area contributed by atoms with E-state index >= 15 is 0 Å². The molecule has 0 aromatic carbocycles. The molecule has 0 unspecified atom stereocenters. The number of amides is 1. The van der Waals surface area contributed by atoms with Crippen molar-refractivity contribution in [3.05, 3.63) is 53.2 Å². The van der Waals surface area contributed by atoms with Crippen molar-refractivity contribution in [1.29, 1.82) is 5.26 Å². The second kappa shape index (κ2) is 7.67. The van der Waals surface area contributed by atoms with Gasteiger partial charge in [0.2, 0.25) is 5.88 Å². The molecule has 0 N–H and O–H groups in total. The maximum atomic E-state index is 12.3. The maximum absolute atomic E-state index is 12.3. The number of likely N-dealkylation sites (tertiary alicyclic amines) is 1. The highest BCUT2D eigenvalue weighted by Crippen LogP contribution is 2.26. The monoisotopic (exact) mass is 390 g/mol. The highest BCUT2D eigenvalue weighted by molar-refractivity contribution is 5.92. The summed E-state index contributed by atoms with van der Waals surface area (Å²) in [4.78, 5) is 18.1. The molecule has 0 saturated carbocycles. The van der Waals surface area contributed by atoms with Crippen LogP contribution < -0.4 is 4.74 Å². The molecule has 1 fully saturated rings. The number of aryl methyl sites for hydroxylation is 2. The zero-order chi connectivity index (χ0) is 20.4. The Labute approximate surface area is 166 Å². The van der Waals surface area contributed by atoms with Crippen LogP contribution in [0.4, 0.5) is 0 Å². The van der Waals surface area contributed by atoms with E-state index in [1.807, 2.05) is 26.0 Å². The molecule has 4 rings (SSSR count). The minimum atomic E-state index is -0.236. The fourth-order valence-corrected chi connectivity index (χ4v) is 2.94. The molecule has 0 bridgehead atoms. The van der Waals surface area contributed by atoms with Gasteiger partial charge >= 0.3 is 0 Å². The van der Waals surface area contributed by atoms with Crippen LogP contribution in [-0.4, -0.2) is 44.2 Å². The fraction of sp³-hybridized carbons (Fsp3) is 0.300. The quantitative estimate of drug-likeness (QED) is 0.651. The van der Waals surface area contributed by atoms with Gasteiger partial charge in [-0.15, -0.1) is 10.2 Å². The summed E-state index contributed by atoms with van der Waals surface area (Å²) in [7, 11) is 0. The van der Waals surface area contributed by atoms with E-state index in [-0.39, 0.29) is 30.0 Å². The van der Waals surface area contributed by atoms with Gasteiger partial charge in [0.1, 0.15) is 18.1 Å². The number of carbonyl (C=O) groups excluding carboxylic acids is 1. The summed E-state index contributed by atoms with van der Waals surface area (Å²) in [6.45, 7) is 4.78. The number of hydrogen-bond acceptors (Lipinski definition) is 8. The first-order valence-corrected chi connectivity index (χ1v) is 9.08. The number of carbonyl (C=O) groups is 1. The predicted octanol–water partition coefficient (Wildman–Crippen LogP) is 2.32. The lowest BCUT2D eigenvalue weighted by atomic mass is 10.0. The molecule has 1 aliphatic heterocycles. The molecule has 0 spiro atoms. The van der Waals surface area contributed by atoms with E-state index in [0.29, 0.717) is 24.5 Å². The molecule has 0 aliphatic carbocycles. The van der Waals surface area contributed by atoms with Gasteiger partial charge in [-0.2, -0.15) is 5.26 Å². The minimum Gasteiger partial charge on any atom is -0.472 e. The number of aromatic nitrogens is 4. The third kappa shape index (κ3) is 3.78. The first-order chi connectivity index (χ1) is 14.0. The molecule has 4 heterocycles. The lowest BCUT2D eigenvalue weighted by Gasteiger charge is -2.34. The molecule has 9 heteroatoms. The number of hydrogen-bond donors (Lipinski definition) is 0. The molecule has 9 nitrogen and oxygen atoms in total. The van der Waals surface area contributed by atoms with Gasteiger partial charge in [-0.1, -0.05) is 5.16 Å². The van der Waals surface area contributed by atoms with Crippen molar-refractivity contribution in [2.24, 2.45) is 5.92 Å². The Morgan fingerprint density at radius 1 is 1.28 bits per heavy atom. The van der Waals surface area contributed by atoms with Gasteiger partial charge in [-0.25, -0.2) is 0 Å². The number of ether oxygens (including phenoxy) is 1. The normalized spacial score (nSPS) is 13.6. The Kier molecular flexibility index (Phi) is 4.91. The van der Waals surface area contributed by atoms with E-state index < -0.39 is 0 Å². The Hall–Kier alpha value is -3.80. The largest absolute Gasteiger partial charge is 0.472 e. The van der Waals surface area contributed by atoms with Gasteiger partial charge in [-0.3, -0.25) is 9.78 Å². The smallest absolute Gasteiger partial charge is 0.274 e. The van der Waals surface area contributed by atoms with Crippen molar-refractivity contribution < 1.29 is 14.1 Å². The fourth-order valence-electron chi connectivity index (χ4n) is 2.94. The zero-order valence-electron chi connectivity index (χ0n) is 16.0. The number of nitrogens with zero attached hydrogens (tertiary/aromatic N) is 6. The Morgan fingerprint density at radius 3 is 2.76 bits per heavy atom. The summed E-state index contributed by atoms with van der Waals surface area (Å²) in [5, 5.41) is 20.8. The average Bonchev–Trinajstić information content (AvgIpc) is 3.07. The van der Waals surface area contributed by atoms with Gasteiger partial charge in [0.05, 0.1) is 17.6 Å². The first-order valence-electron chi connectivity index (χ1n) is 9.08. The second-order valence-electron chi connectivity index (χ2n) is 6.84. The summed E-state index contributed by atoms with van der Waals surface area (Å²) in [5.41, 5.74) is 3.43.